The predicted octanol–water partition coefficient (Wildman–Crippen LogP) is 4.04. The van der Waals surface area contributed by atoms with Gasteiger partial charge in [-0.2, -0.15) is 4.31 Å². The minimum absolute atomic E-state index is 0.192. The second-order valence-electron chi connectivity index (χ2n) is 5.92. The minimum atomic E-state index is -3.49. The molecule has 1 heterocycles. The first kappa shape index (κ1) is 19.2. The molecule has 0 spiro atoms. The van der Waals surface area contributed by atoms with Crippen molar-refractivity contribution in [1.82, 2.24) is 4.31 Å². The lowest BCUT2D eigenvalue weighted by molar-refractivity contribution is 0.0921. The van der Waals surface area contributed by atoms with Crippen LogP contribution in [0, 0.1) is 0 Å². The van der Waals surface area contributed by atoms with Crippen molar-refractivity contribution in [3.63, 3.8) is 0 Å². The highest BCUT2D eigenvalue weighted by molar-refractivity contribution is 7.89. The number of ether oxygens (including phenoxy) is 1. The van der Waals surface area contributed by atoms with Crippen molar-refractivity contribution in [2.45, 2.75) is 17.7 Å². The van der Waals surface area contributed by atoms with Crippen LogP contribution in [0.4, 0.5) is 0 Å². The van der Waals surface area contributed by atoms with E-state index >= 15 is 0 Å². The number of hydrogen-bond donors (Lipinski definition) is 0. The smallest absolute Gasteiger partial charge is 0.243 e. The quantitative estimate of drug-likeness (QED) is 0.670. The summed E-state index contributed by atoms with van der Waals surface area (Å²) < 4.78 is 31.9. The summed E-state index contributed by atoms with van der Waals surface area (Å²) in [6, 6.07) is 10.6. The molecule has 138 valence electrons. The first-order valence-corrected chi connectivity index (χ1v) is 10.3. The average Bonchev–Trinajstić information content (AvgIpc) is 3.16. The van der Waals surface area contributed by atoms with Gasteiger partial charge in [0, 0.05) is 23.7 Å². The summed E-state index contributed by atoms with van der Waals surface area (Å²) in [7, 11) is -3.49. The Labute approximate surface area is 162 Å². The standard InChI is InChI=1S/C18H17Cl2NO4S/c19-14-5-8-18(16(20)11-14)25-12-17(22)13-3-6-15(7-4-13)26(23,24)21-9-1-2-10-21/h3-8,11H,1-2,9-10,12H2. The summed E-state index contributed by atoms with van der Waals surface area (Å²) >= 11 is 11.8. The van der Waals surface area contributed by atoms with E-state index < -0.39 is 10.0 Å². The molecule has 3 rings (SSSR count). The third-order valence-corrected chi connectivity index (χ3v) is 6.58. The van der Waals surface area contributed by atoms with E-state index in [0.717, 1.165) is 12.8 Å². The summed E-state index contributed by atoms with van der Waals surface area (Å²) in [4.78, 5) is 12.5. The van der Waals surface area contributed by atoms with Gasteiger partial charge in [0.25, 0.3) is 0 Å². The lowest BCUT2D eigenvalue weighted by atomic mass is 10.1. The van der Waals surface area contributed by atoms with Crippen LogP contribution in [0.1, 0.15) is 23.2 Å². The molecule has 8 heteroatoms. The van der Waals surface area contributed by atoms with Crippen LogP contribution in [-0.2, 0) is 10.0 Å². The molecular formula is C18H17Cl2NO4S. The van der Waals surface area contributed by atoms with Crippen LogP contribution in [0.15, 0.2) is 47.4 Å². The van der Waals surface area contributed by atoms with Gasteiger partial charge in [-0.25, -0.2) is 8.42 Å². The van der Waals surface area contributed by atoms with Gasteiger partial charge < -0.3 is 4.74 Å². The molecule has 0 saturated carbocycles. The van der Waals surface area contributed by atoms with Crippen LogP contribution in [0.3, 0.4) is 0 Å². The second-order valence-corrected chi connectivity index (χ2v) is 8.70. The Morgan fingerprint density at radius 3 is 2.31 bits per heavy atom. The van der Waals surface area contributed by atoms with Gasteiger partial charge in [-0.1, -0.05) is 23.2 Å². The van der Waals surface area contributed by atoms with Crippen LogP contribution >= 0.6 is 23.2 Å². The SMILES string of the molecule is O=C(COc1ccc(Cl)cc1Cl)c1ccc(S(=O)(=O)N2CCCC2)cc1. The fourth-order valence-electron chi connectivity index (χ4n) is 2.71. The molecule has 0 radical (unpaired) electrons. The van der Waals surface area contributed by atoms with Gasteiger partial charge in [0.2, 0.25) is 10.0 Å². The molecule has 0 aromatic heterocycles. The topological polar surface area (TPSA) is 63.7 Å². The van der Waals surface area contributed by atoms with Crippen LogP contribution < -0.4 is 4.74 Å². The van der Waals surface area contributed by atoms with E-state index in [-0.39, 0.29) is 17.3 Å². The molecule has 2 aromatic rings. The van der Waals surface area contributed by atoms with Gasteiger partial charge in [-0.05, 0) is 55.3 Å². The molecule has 1 aliphatic rings. The largest absolute Gasteiger partial charge is 0.484 e. The number of Topliss-reactive ketones (excluding diaryl/α,β-unsaturated/α-hetero) is 1. The number of sulfonamides is 1. The maximum Gasteiger partial charge on any atom is 0.243 e. The minimum Gasteiger partial charge on any atom is -0.484 e. The predicted molar refractivity (Wildman–Crippen MR) is 101 cm³/mol. The first-order chi connectivity index (χ1) is 12.4. The van der Waals surface area contributed by atoms with Gasteiger partial charge in [0.1, 0.15) is 5.75 Å². The fourth-order valence-corrected chi connectivity index (χ4v) is 4.69. The normalized spacial score (nSPS) is 15.2. The molecule has 0 amide bonds. The summed E-state index contributed by atoms with van der Waals surface area (Å²) in [5, 5.41) is 0.792. The third-order valence-electron chi connectivity index (χ3n) is 4.13. The summed E-state index contributed by atoms with van der Waals surface area (Å²) in [6.45, 7) is 0.872. The molecule has 1 aliphatic heterocycles. The van der Waals surface area contributed by atoms with Crippen molar-refractivity contribution in [2.75, 3.05) is 19.7 Å². The Balaban J connectivity index is 1.67. The molecule has 2 aromatic carbocycles. The van der Waals surface area contributed by atoms with Gasteiger partial charge >= 0.3 is 0 Å². The molecule has 0 N–H and O–H groups in total. The van der Waals surface area contributed by atoms with Gasteiger partial charge in [0.15, 0.2) is 12.4 Å². The van der Waals surface area contributed by atoms with E-state index in [9.17, 15) is 13.2 Å². The Kier molecular flexibility index (Phi) is 5.87. The molecule has 0 atom stereocenters. The van der Waals surface area contributed by atoms with Crippen LogP contribution in [0.5, 0.6) is 5.75 Å². The lowest BCUT2D eigenvalue weighted by Gasteiger charge is -2.15. The van der Waals surface area contributed by atoms with E-state index in [1.807, 2.05) is 0 Å². The van der Waals surface area contributed by atoms with Gasteiger partial charge in [0.05, 0.1) is 9.92 Å². The second kappa shape index (κ2) is 7.96. The molecule has 0 bridgehead atoms. The highest BCUT2D eigenvalue weighted by Gasteiger charge is 2.27. The van der Waals surface area contributed by atoms with Crippen LogP contribution in [0.2, 0.25) is 10.0 Å². The molecule has 26 heavy (non-hydrogen) atoms. The Morgan fingerprint density at radius 2 is 1.69 bits per heavy atom. The Hall–Kier alpha value is -1.60. The average molecular weight is 414 g/mol. The molecule has 5 nitrogen and oxygen atoms in total. The van der Waals surface area contributed by atoms with Gasteiger partial charge in [-0.3, -0.25) is 4.79 Å². The maximum absolute atomic E-state index is 12.5. The fraction of sp³-hybridized carbons (Fsp3) is 0.278. The molecule has 0 aliphatic carbocycles. The molecule has 1 saturated heterocycles. The first-order valence-electron chi connectivity index (χ1n) is 8.09. The Bertz CT molecular complexity index is 907. The van der Waals surface area contributed by atoms with E-state index in [0.29, 0.717) is 34.4 Å². The summed E-state index contributed by atoms with van der Waals surface area (Å²) in [6.07, 6.45) is 1.75. The number of carbonyl (C=O) groups excluding carboxylic acids is 1. The number of halogens is 2. The van der Waals surface area contributed by atoms with E-state index in [2.05, 4.69) is 0 Å². The number of rotatable bonds is 6. The van der Waals surface area contributed by atoms with Gasteiger partial charge in [-0.15, -0.1) is 0 Å². The van der Waals surface area contributed by atoms with Crippen LogP contribution in [0.25, 0.3) is 0 Å². The van der Waals surface area contributed by atoms with Crippen molar-refractivity contribution in [1.29, 1.82) is 0 Å². The number of carbonyl (C=O) groups is 1. The zero-order valence-corrected chi connectivity index (χ0v) is 16.1. The molecule has 0 unspecified atom stereocenters. The highest BCUT2D eigenvalue weighted by Crippen LogP contribution is 2.27. The number of ketones is 1. The lowest BCUT2D eigenvalue weighted by Crippen LogP contribution is -2.27. The van der Waals surface area contributed by atoms with E-state index in [4.69, 9.17) is 27.9 Å². The zero-order valence-electron chi connectivity index (χ0n) is 13.8. The molecular weight excluding hydrogens is 397 g/mol. The molecule has 1 fully saturated rings. The van der Waals surface area contributed by atoms with E-state index in [1.165, 1.54) is 34.6 Å². The summed E-state index contributed by atoms with van der Waals surface area (Å²) in [5.41, 5.74) is 0.371. The van der Waals surface area contributed by atoms with Crippen molar-refractivity contribution in [3.8, 4) is 5.75 Å². The van der Waals surface area contributed by atoms with Crippen molar-refractivity contribution < 1.29 is 17.9 Å². The van der Waals surface area contributed by atoms with Crippen molar-refractivity contribution in [3.05, 3.63) is 58.1 Å². The monoisotopic (exact) mass is 413 g/mol. The number of hydrogen-bond acceptors (Lipinski definition) is 4. The van der Waals surface area contributed by atoms with Crippen molar-refractivity contribution >= 4 is 39.0 Å². The summed E-state index contributed by atoms with van der Waals surface area (Å²) in [5.74, 6) is 0.0822. The van der Waals surface area contributed by atoms with Crippen LogP contribution in [-0.4, -0.2) is 38.2 Å². The number of nitrogens with zero attached hydrogens (tertiary/aromatic N) is 1. The number of benzene rings is 2. The maximum atomic E-state index is 12.5. The zero-order chi connectivity index (χ0) is 18.7. The third kappa shape index (κ3) is 4.20. The van der Waals surface area contributed by atoms with Crippen molar-refractivity contribution in [2.24, 2.45) is 0 Å². The van der Waals surface area contributed by atoms with E-state index in [1.54, 1.807) is 12.1 Å². The highest BCUT2D eigenvalue weighted by atomic mass is 35.5. The Morgan fingerprint density at radius 1 is 1.04 bits per heavy atom.